The van der Waals surface area contributed by atoms with Crippen LogP contribution in [0.15, 0.2) is 16.6 Å². The normalized spacial score (nSPS) is 13.9. The summed E-state index contributed by atoms with van der Waals surface area (Å²) in [6.45, 7) is 8.02. The van der Waals surface area contributed by atoms with Crippen LogP contribution in [0, 0.1) is 19.8 Å². The Morgan fingerprint density at radius 3 is 2.30 bits per heavy atom. The predicted molar refractivity (Wildman–Crippen MR) is 88.9 cm³/mol. The van der Waals surface area contributed by atoms with Gasteiger partial charge in [0.2, 0.25) is 5.91 Å². The lowest BCUT2D eigenvalue weighted by molar-refractivity contribution is -0.119. The highest BCUT2D eigenvalue weighted by Gasteiger charge is 2.14. The minimum atomic E-state index is 0.0120. The van der Waals surface area contributed by atoms with Gasteiger partial charge in [-0.15, -0.1) is 0 Å². The third kappa shape index (κ3) is 5.25. The van der Waals surface area contributed by atoms with Crippen LogP contribution in [0.1, 0.15) is 44.2 Å². The van der Waals surface area contributed by atoms with Crippen LogP contribution in [0.25, 0.3) is 0 Å². The molecule has 3 N–H and O–H groups in total. The molecule has 0 spiro atoms. The fraction of sp³-hybridized carbons (Fsp3) is 0.562. The molecule has 112 valence electrons. The van der Waals surface area contributed by atoms with Gasteiger partial charge in [-0.05, 0) is 56.9 Å². The zero-order valence-corrected chi connectivity index (χ0v) is 14.4. The quantitative estimate of drug-likeness (QED) is 0.816. The number of anilines is 1. The van der Waals surface area contributed by atoms with Gasteiger partial charge in [0.15, 0.2) is 0 Å². The molecular formula is C16H25BrN2O. The highest BCUT2D eigenvalue weighted by Crippen LogP contribution is 2.25. The molecule has 2 unspecified atom stereocenters. The first-order valence-electron chi connectivity index (χ1n) is 7.14. The number of carbonyl (C=O) groups is 1. The van der Waals surface area contributed by atoms with E-state index in [2.05, 4.69) is 21.2 Å². The van der Waals surface area contributed by atoms with Crippen molar-refractivity contribution in [2.24, 2.45) is 11.7 Å². The van der Waals surface area contributed by atoms with Crippen molar-refractivity contribution in [3.05, 3.63) is 27.7 Å². The fourth-order valence-corrected chi connectivity index (χ4v) is 2.39. The van der Waals surface area contributed by atoms with E-state index >= 15 is 0 Å². The Morgan fingerprint density at radius 2 is 1.80 bits per heavy atom. The van der Waals surface area contributed by atoms with Crippen molar-refractivity contribution >= 4 is 27.5 Å². The molecule has 0 fully saturated rings. The van der Waals surface area contributed by atoms with Gasteiger partial charge in [-0.1, -0.05) is 29.3 Å². The molecule has 0 saturated heterocycles. The van der Waals surface area contributed by atoms with Crippen molar-refractivity contribution in [1.29, 1.82) is 0 Å². The monoisotopic (exact) mass is 340 g/mol. The molecule has 20 heavy (non-hydrogen) atoms. The molecule has 0 aliphatic heterocycles. The highest BCUT2D eigenvalue weighted by atomic mass is 79.9. The molecule has 0 heterocycles. The predicted octanol–water partition coefficient (Wildman–Crippen LogP) is 4.16. The Hall–Kier alpha value is -0.870. The lowest BCUT2D eigenvalue weighted by Gasteiger charge is -2.14. The van der Waals surface area contributed by atoms with Gasteiger partial charge < -0.3 is 11.1 Å². The summed E-state index contributed by atoms with van der Waals surface area (Å²) in [4.78, 5) is 12.1. The molecule has 4 heteroatoms. The maximum Gasteiger partial charge on any atom is 0.227 e. The maximum atomic E-state index is 12.1. The van der Waals surface area contributed by atoms with Crippen LogP contribution in [0.4, 0.5) is 5.69 Å². The van der Waals surface area contributed by atoms with Crippen molar-refractivity contribution in [2.75, 3.05) is 5.32 Å². The van der Waals surface area contributed by atoms with E-state index in [1.165, 1.54) is 0 Å². The van der Waals surface area contributed by atoms with Crippen molar-refractivity contribution < 1.29 is 4.79 Å². The number of nitrogens with one attached hydrogen (secondary N) is 1. The number of benzene rings is 1. The summed E-state index contributed by atoms with van der Waals surface area (Å²) in [5, 5.41) is 3.00. The summed E-state index contributed by atoms with van der Waals surface area (Å²) in [5.74, 6) is 0.0915. The Kier molecular flexibility index (Phi) is 6.69. The van der Waals surface area contributed by atoms with E-state index in [1.54, 1.807) is 0 Å². The lowest BCUT2D eigenvalue weighted by Crippen LogP contribution is -2.21. The van der Waals surface area contributed by atoms with Crippen LogP contribution < -0.4 is 11.1 Å². The minimum Gasteiger partial charge on any atom is -0.328 e. The number of amides is 1. The van der Waals surface area contributed by atoms with Crippen LogP contribution >= 0.6 is 15.9 Å². The van der Waals surface area contributed by atoms with Crippen LogP contribution in [0.2, 0.25) is 0 Å². The molecule has 1 rings (SSSR count). The third-order valence-electron chi connectivity index (χ3n) is 3.45. The first-order valence-corrected chi connectivity index (χ1v) is 7.93. The topological polar surface area (TPSA) is 55.1 Å². The third-order valence-corrected chi connectivity index (χ3v) is 4.70. The average molecular weight is 341 g/mol. The van der Waals surface area contributed by atoms with Crippen molar-refractivity contribution in [1.82, 2.24) is 0 Å². The van der Waals surface area contributed by atoms with Crippen LogP contribution in [0.5, 0.6) is 0 Å². The minimum absolute atomic E-state index is 0.0120. The van der Waals surface area contributed by atoms with E-state index < -0.39 is 0 Å². The molecular weight excluding hydrogens is 316 g/mol. The van der Waals surface area contributed by atoms with Gasteiger partial charge in [0, 0.05) is 22.1 Å². The Morgan fingerprint density at radius 1 is 1.25 bits per heavy atom. The molecule has 0 saturated carbocycles. The summed E-state index contributed by atoms with van der Waals surface area (Å²) in [6.07, 6.45) is 2.83. The standard InChI is InChI=1S/C16H25BrN2O/c1-10(6-5-7-13(4)18)16(20)19-14-8-11(2)15(17)12(3)9-14/h8-10,13H,5-7,18H2,1-4H3,(H,19,20). The fourth-order valence-electron chi connectivity index (χ4n) is 2.16. The van der Waals surface area contributed by atoms with Crippen LogP contribution in [-0.4, -0.2) is 11.9 Å². The second-order valence-corrected chi connectivity index (χ2v) is 6.52. The SMILES string of the molecule is Cc1cc(NC(=O)C(C)CCCC(C)N)cc(C)c1Br. The van der Waals surface area contributed by atoms with E-state index in [1.807, 2.05) is 39.8 Å². The van der Waals surface area contributed by atoms with Gasteiger partial charge in [0.25, 0.3) is 0 Å². The largest absolute Gasteiger partial charge is 0.328 e. The van der Waals surface area contributed by atoms with Crippen LogP contribution in [0.3, 0.4) is 0 Å². The summed E-state index contributed by atoms with van der Waals surface area (Å²) < 4.78 is 1.10. The average Bonchev–Trinajstić information content (AvgIpc) is 2.35. The number of carbonyl (C=O) groups excluding carboxylic acids is 1. The smallest absolute Gasteiger partial charge is 0.227 e. The number of rotatable bonds is 6. The molecule has 1 aromatic rings. The number of halogens is 1. The molecule has 3 nitrogen and oxygen atoms in total. The van der Waals surface area contributed by atoms with Gasteiger partial charge in [-0.25, -0.2) is 0 Å². The molecule has 0 bridgehead atoms. The maximum absolute atomic E-state index is 12.1. The molecule has 0 aromatic heterocycles. The Balaban J connectivity index is 2.57. The molecule has 1 amide bonds. The molecule has 0 aliphatic rings. The zero-order valence-electron chi connectivity index (χ0n) is 12.8. The van der Waals surface area contributed by atoms with Gasteiger partial charge >= 0.3 is 0 Å². The number of hydrogen-bond acceptors (Lipinski definition) is 2. The number of hydrogen-bond donors (Lipinski definition) is 2. The van der Waals surface area contributed by atoms with Crippen molar-refractivity contribution in [3.63, 3.8) is 0 Å². The van der Waals surface area contributed by atoms with Crippen molar-refractivity contribution in [2.45, 2.75) is 53.0 Å². The van der Waals surface area contributed by atoms with Gasteiger partial charge in [0.05, 0.1) is 0 Å². The number of nitrogens with two attached hydrogens (primary N) is 1. The first kappa shape index (κ1) is 17.2. The van der Waals surface area contributed by atoms with E-state index in [9.17, 15) is 4.79 Å². The van der Waals surface area contributed by atoms with E-state index in [0.717, 1.165) is 40.5 Å². The molecule has 2 atom stereocenters. The molecule has 0 aliphatic carbocycles. The summed E-state index contributed by atoms with van der Waals surface area (Å²) >= 11 is 3.53. The van der Waals surface area contributed by atoms with Gasteiger partial charge in [-0.3, -0.25) is 4.79 Å². The van der Waals surface area contributed by atoms with Crippen molar-refractivity contribution in [3.8, 4) is 0 Å². The lowest BCUT2D eigenvalue weighted by atomic mass is 10.0. The summed E-state index contributed by atoms with van der Waals surface area (Å²) in [5.41, 5.74) is 8.85. The van der Waals surface area contributed by atoms with Gasteiger partial charge in [-0.2, -0.15) is 0 Å². The Bertz CT molecular complexity index is 449. The molecule has 1 aromatic carbocycles. The van der Waals surface area contributed by atoms with Gasteiger partial charge in [0.1, 0.15) is 0 Å². The second kappa shape index (κ2) is 7.79. The number of aryl methyl sites for hydroxylation is 2. The van der Waals surface area contributed by atoms with E-state index in [0.29, 0.717) is 0 Å². The second-order valence-electron chi connectivity index (χ2n) is 5.72. The first-order chi connectivity index (χ1) is 9.31. The zero-order chi connectivity index (χ0) is 15.3. The highest BCUT2D eigenvalue weighted by molar-refractivity contribution is 9.10. The van der Waals surface area contributed by atoms with Crippen LogP contribution in [-0.2, 0) is 4.79 Å². The molecule has 0 radical (unpaired) electrons. The summed E-state index contributed by atoms with van der Waals surface area (Å²) in [7, 11) is 0. The van der Waals surface area contributed by atoms with E-state index in [-0.39, 0.29) is 17.9 Å². The Labute approximate surface area is 130 Å². The summed E-state index contributed by atoms with van der Waals surface area (Å²) in [6, 6.07) is 4.19. The van der Waals surface area contributed by atoms with E-state index in [4.69, 9.17) is 5.73 Å².